The van der Waals surface area contributed by atoms with E-state index < -0.39 is 0 Å². The van der Waals surface area contributed by atoms with Crippen molar-refractivity contribution in [3.8, 4) is 0 Å². The molecular weight excluding hydrogens is 230 g/mol. The first-order valence-corrected chi connectivity index (χ1v) is 5.05. The van der Waals surface area contributed by atoms with Gasteiger partial charge in [0.25, 0.3) is 0 Å². The molecular formula is C10H14BrNO. The summed E-state index contributed by atoms with van der Waals surface area (Å²) >= 11 is 3.42. The topological polar surface area (TPSA) is 35.2 Å². The molecule has 0 fully saturated rings. The molecule has 1 aromatic carbocycles. The van der Waals surface area contributed by atoms with Crippen LogP contribution in [0, 0.1) is 0 Å². The second-order valence-corrected chi connectivity index (χ2v) is 3.77. The molecule has 0 heterocycles. The predicted octanol–water partition coefficient (Wildman–Crippen LogP) is 2.49. The minimum absolute atomic E-state index is 0.113. The van der Waals surface area contributed by atoms with E-state index in [1.54, 1.807) is 7.11 Å². The van der Waals surface area contributed by atoms with E-state index in [9.17, 15) is 0 Å². The van der Waals surface area contributed by atoms with Gasteiger partial charge in [-0.2, -0.15) is 0 Å². The number of hydrogen-bond donors (Lipinski definition) is 1. The molecule has 0 spiro atoms. The van der Waals surface area contributed by atoms with Crippen LogP contribution in [0.1, 0.15) is 18.1 Å². The minimum atomic E-state index is 0.113. The van der Waals surface area contributed by atoms with Gasteiger partial charge in [-0.3, -0.25) is 0 Å². The molecule has 72 valence electrons. The van der Waals surface area contributed by atoms with Crippen molar-refractivity contribution in [1.29, 1.82) is 0 Å². The molecule has 0 aromatic heterocycles. The molecule has 0 bridgehead atoms. The lowest BCUT2D eigenvalue weighted by Crippen LogP contribution is -2.08. The van der Waals surface area contributed by atoms with Gasteiger partial charge in [0.05, 0.1) is 6.10 Å². The van der Waals surface area contributed by atoms with Gasteiger partial charge in [0, 0.05) is 11.6 Å². The van der Waals surface area contributed by atoms with E-state index >= 15 is 0 Å². The molecule has 2 nitrogen and oxygen atoms in total. The van der Waals surface area contributed by atoms with Crippen LogP contribution in [0.15, 0.2) is 28.7 Å². The van der Waals surface area contributed by atoms with Crippen molar-refractivity contribution in [2.75, 3.05) is 13.7 Å². The third-order valence-electron chi connectivity index (χ3n) is 1.93. The van der Waals surface area contributed by atoms with E-state index in [1.165, 1.54) is 5.56 Å². The predicted molar refractivity (Wildman–Crippen MR) is 57.6 cm³/mol. The quantitative estimate of drug-likeness (QED) is 0.883. The SMILES string of the molecule is COC(CCN)c1cccc(Br)c1. The van der Waals surface area contributed by atoms with E-state index in [-0.39, 0.29) is 6.10 Å². The van der Waals surface area contributed by atoms with Crippen molar-refractivity contribution in [3.63, 3.8) is 0 Å². The van der Waals surface area contributed by atoms with Crippen LogP contribution < -0.4 is 5.73 Å². The summed E-state index contributed by atoms with van der Waals surface area (Å²) < 4.78 is 6.40. The lowest BCUT2D eigenvalue weighted by Gasteiger charge is -2.14. The van der Waals surface area contributed by atoms with E-state index in [0.29, 0.717) is 6.54 Å². The number of hydrogen-bond acceptors (Lipinski definition) is 2. The summed E-state index contributed by atoms with van der Waals surface area (Å²) in [7, 11) is 1.71. The maximum absolute atomic E-state index is 5.49. The Bertz CT molecular complexity index is 265. The zero-order chi connectivity index (χ0) is 9.68. The first-order chi connectivity index (χ1) is 6.27. The van der Waals surface area contributed by atoms with Crippen LogP contribution in [0.4, 0.5) is 0 Å². The van der Waals surface area contributed by atoms with E-state index in [4.69, 9.17) is 10.5 Å². The second kappa shape index (κ2) is 5.37. The maximum atomic E-state index is 5.49. The summed E-state index contributed by atoms with van der Waals surface area (Å²) in [5, 5.41) is 0. The van der Waals surface area contributed by atoms with Crippen molar-refractivity contribution in [2.24, 2.45) is 5.73 Å². The highest BCUT2D eigenvalue weighted by Crippen LogP contribution is 2.22. The molecule has 1 atom stereocenters. The molecule has 3 heteroatoms. The van der Waals surface area contributed by atoms with Crippen LogP contribution in [-0.2, 0) is 4.74 Å². The second-order valence-electron chi connectivity index (χ2n) is 2.86. The first-order valence-electron chi connectivity index (χ1n) is 4.26. The van der Waals surface area contributed by atoms with Gasteiger partial charge in [0.2, 0.25) is 0 Å². The molecule has 2 N–H and O–H groups in total. The Hall–Kier alpha value is -0.380. The molecule has 0 amide bonds. The van der Waals surface area contributed by atoms with Gasteiger partial charge in [0.1, 0.15) is 0 Å². The Labute approximate surface area is 87.2 Å². The summed E-state index contributed by atoms with van der Waals surface area (Å²) in [5.41, 5.74) is 6.66. The van der Waals surface area contributed by atoms with Crippen molar-refractivity contribution in [2.45, 2.75) is 12.5 Å². The number of rotatable bonds is 4. The zero-order valence-electron chi connectivity index (χ0n) is 7.66. The summed E-state index contributed by atoms with van der Waals surface area (Å²) in [6.07, 6.45) is 0.968. The number of benzene rings is 1. The fraction of sp³-hybridized carbons (Fsp3) is 0.400. The van der Waals surface area contributed by atoms with E-state index in [1.807, 2.05) is 12.1 Å². The normalized spacial score (nSPS) is 12.8. The van der Waals surface area contributed by atoms with Crippen LogP contribution in [0.2, 0.25) is 0 Å². The fourth-order valence-corrected chi connectivity index (χ4v) is 1.70. The molecule has 13 heavy (non-hydrogen) atoms. The van der Waals surface area contributed by atoms with Crippen LogP contribution in [0.3, 0.4) is 0 Å². The van der Waals surface area contributed by atoms with Crippen LogP contribution >= 0.6 is 15.9 Å². The Kier molecular flexibility index (Phi) is 4.42. The molecule has 0 saturated heterocycles. The Balaban J connectivity index is 2.78. The number of methoxy groups -OCH3 is 1. The highest BCUT2D eigenvalue weighted by molar-refractivity contribution is 9.10. The van der Waals surface area contributed by atoms with Crippen molar-refractivity contribution < 1.29 is 4.74 Å². The molecule has 0 aliphatic rings. The van der Waals surface area contributed by atoms with Crippen molar-refractivity contribution in [3.05, 3.63) is 34.3 Å². The smallest absolute Gasteiger partial charge is 0.0833 e. The highest BCUT2D eigenvalue weighted by Gasteiger charge is 2.08. The van der Waals surface area contributed by atoms with Crippen molar-refractivity contribution in [1.82, 2.24) is 0 Å². The molecule has 1 rings (SSSR count). The van der Waals surface area contributed by atoms with Gasteiger partial charge >= 0.3 is 0 Å². The maximum Gasteiger partial charge on any atom is 0.0833 e. The van der Waals surface area contributed by atoms with Gasteiger partial charge in [-0.05, 0) is 30.7 Å². The van der Waals surface area contributed by atoms with Gasteiger partial charge in [-0.15, -0.1) is 0 Å². The van der Waals surface area contributed by atoms with Gasteiger partial charge in [0.15, 0.2) is 0 Å². The lowest BCUT2D eigenvalue weighted by atomic mass is 10.1. The summed E-state index contributed by atoms with van der Waals surface area (Å²) in [6.45, 7) is 0.644. The monoisotopic (exact) mass is 243 g/mol. The fourth-order valence-electron chi connectivity index (χ4n) is 1.28. The van der Waals surface area contributed by atoms with E-state index in [0.717, 1.165) is 10.9 Å². The molecule has 1 aromatic rings. The Morgan fingerprint density at radius 2 is 2.31 bits per heavy atom. The zero-order valence-corrected chi connectivity index (χ0v) is 9.25. The van der Waals surface area contributed by atoms with Crippen LogP contribution in [0.5, 0.6) is 0 Å². The summed E-state index contributed by atoms with van der Waals surface area (Å²) in [6, 6.07) is 8.11. The van der Waals surface area contributed by atoms with Gasteiger partial charge in [-0.1, -0.05) is 28.1 Å². The average molecular weight is 244 g/mol. The average Bonchev–Trinajstić information content (AvgIpc) is 2.14. The Morgan fingerprint density at radius 3 is 2.85 bits per heavy atom. The number of halogens is 1. The molecule has 0 aliphatic carbocycles. The van der Waals surface area contributed by atoms with Crippen LogP contribution in [0.25, 0.3) is 0 Å². The minimum Gasteiger partial charge on any atom is -0.377 e. The Morgan fingerprint density at radius 1 is 1.54 bits per heavy atom. The number of nitrogens with two attached hydrogens (primary N) is 1. The first kappa shape index (κ1) is 10.7. The third kappa shape index (κ3) is 3.10. The molecule has 0 saturated carbocycles. The van der Waals surface area contributed by atoms with Crippen LogP contribution in [-0.4, -0.2) is 13.7 Å². The molecule has 0 radical (unpaired) electrons. The highest BCUT2D eigenvalue weighted by atomic mass is 79.9. The van der Waals surface area contributed by atoms with Gasteiger partial charge < -0.3 is 10.5 Å². The van der Waals surface area contributed by atoms with E-state index in [2.05, 4.69) is 28.1 Å². The van der Waals surface area contributed by atoms with Crippen molar-refractivity contribution >= 4 is 15.9 Å². The summed E-state index contributed by atoms with van der Waals surface area (Å²) in [4.78, 5) is 0. The number of ether oxygens (including phenoxy) is 1. The largest absolute Gasteiger partial charge is 0.377 e. The third-order valence-corrected chi connectivity index (χ3v) is 2.43. The van der Waals surface area contributed by atoms with Gasteiger partial charge in [-0.25, -0.2) is 0 Å². The summed E-state index contributed by atoms with van der Waals surface area (Å²) in [5.74, 6) is 0. The molecule has 0 aliphatic heterocycles. The molecule has 1 unspecified atom stereocenters. The standard InChI is InChI=1S/C10H14BrNO/c1-13-10(5-6-12)8-3-2-4-9(11)7-8/h2-4,7,10H,5-6,12H2,1H3. The lowest BCUT2D eigenvalue weighted by molar-refractivity contribution is 0.0977.